The first kappa shape index (κ1) is 8.55. The summed E-state index contributed by atoms with van der Waals surface area (Å²) in [7, 11) is 0. The molecule has 2 rings (SSSR count). The summed E-state index contributed by atoms with van der Waals surface area (Å²) >= 11 is 0. The van der Waals surface area contributed by atoms with Gasteiger partial charge in [-0.15, -0.1) is 0 Å². The molecule has 1 unspecified atom stereocenters. The third kappa shape index (κ3) is 1.28. The molecule has 0 spiro atoms. The van der Waals surface area contributed by atoms with E-state index in [4.69, 9.17) is 0 Å². The van der Waals surface area contributed by atoms with Crippen LogP contribution in [0.3, 0.4) is 0 Å². The average molecular weight is 168 g/mol. The fraction of sp³-hybridized carbons (Fsp3) is 1.00. The maximum atomic E-state index is 9.80. The van der Waals surface area contributed by atoms with E-state index in [0.29, 0.717) is 11.8 Å². The van der Waals surface area contributed by atoms with Crippen molar-refractivity contribution in [1.82, 2.24) is 0 Å². The van der Waals surface area contributed by atoms with Crippen LogP contribution < -0.4 is 0 Å². The Morgan fingerprint density at radius 2 is 2.17 bits per heavy atom. The molecule has 0 aliphatic heterocycles. The Bertz CT molecular complexity index is 155. The molecule has 0 aromatic carbocycles. The summed E-state index contributed by atoms with van der Waals surface area (Å²) in [6, 6.07) is 0. The molecule has 2 fully saturated rings. The van der Waals surface area contributed by atoms with Gasteiger partial charge in [-0.25, -0.2) is 0 Å². The van der Waals surface area contributed by atoms with Crippen molar-refractivity contribution in [1.29, 1.82) is 0 Å². The molecule has 0 aromatic rings. The maximum absolute atomic E-state index is 9.80. The van der Waals surface area contributed by atoms with Crippen LogP contribution in [0.5, 0.6) is 0 Å². The van der Waals surface area contributed by atoms with E-state index in [1.807, 2.05) is 0 Å². The Labute approximate surface area is 75.2 Å². The van der Waals surface area contributed by atoms with E-state index < -0.39 is 0 Å². The Balaban J connectivity index is 1.87. The summed E-state index contributed by atoms with van der Waals surface area (Å²) in [6.45, 7) is 2.25. The molecular weight excluding hydrogens is 148 g/mol. The standard InChI is InChI=1S/C11H20O/c1-2-3-4-8-7-9-5-6-10(8)11(9)12/h8-12H,2-7H2,1H3/t8-,9-,10+,11?/m1/s1. The van der Waals surface area contributed by atoms with Crippen molar-refractivity contribution in [3.63, 3.8) is 0 Å². The van der Waals surface area contributed by atoms with Gasteiger partial charge in [-0.05, 0) is 37.0 Å². The molecule has 0 aromatic heterocycles. The lowest BCUT2D eigenvalue weighted by molar-refractivity contribution is 0.119. The van der Waals surface area contributed by atoms with E-state index in [1.165, 1.54) is 38.5 Å². The zero-order valence-electron chi connectivity index (χ0n) is 8.00. The minimum atomic E-state index is 0.0758. The summed E-state index contributed by atoms with van der Waals surface area (Å²) in [6.07, 6.45) is 8.05. The zero-order chi connectivity index (χ0) is 8.55. The fourth-order valence-corrected chi connectivity index (χ4v) is 3.23. The van der Waals surface area contributed by atoms with Gasteiger partial charge in [-0.2, -0.15) is 0 Å². The van der Waals surface area contributed by atoms with Crippen molar-refractivity contribution in [3.8, 4) is 0 Å². The molecule has 0 radical (unpaired) electrons. The molecule has 2 bridgehead atoms. The Kier molecular flexibility index (Phi) is 2.40. The second kappa shape index (κ2) is 3.37. The smallest absolute Gasteiger partial charge is 0.0599 e. The first-order valence-electron chi connectivity index (χ1n) is 5.51. The highest BCUT2D eigenvalue weighted by Gasteiger charge is 2.46. The number of rotatable bonds is 3. The molecule has 1 heteroatoms. The van der Waals surface area contributed by atoms with E-state index in [0.717, 1.165) is 5.92 Å². The van der Waals surface area contributed by atoms with Gasteiger partial charge in [-0.1, -0.05) is 26.2 Å². The van der Waals surface area contributed by atoms with Gasteiger partial charge in [0.15, 0.2) is 0 Å². The van der Waals surface area contributed by atoms with Gasteiger partial charge in [0.25, 0.3) is 0 Å². The van der Waals surface area contributed by atoms with Crippen LogP contribution in [0.1, 0.15) is 45.4 Å². The zero-order valence-corrected chi connectivity index (χ0v) is 8.00. The first-order valence-corrected chi connectivity index (χ1v) is 5.51. The van der Waals surface area contributed by atoms with Crippen LogP contribution in [0.25, 0.3) is 0 Å². The molecule has 0 heterocycles. The second-order valence-electron chi connectivity index (χ2n) is 4.63. The van der Waals surface area contributed by atoms with Crippen molar-refractivity contribution < 1.29 is 5.11 Å². The molecule has 4 atom stereocenters. The summed E-state index contributed by atoms with van der Waals surface area (Å²) < 4.78 is 0. The molecule has 2 aliphatic carbocycles. The SMILES string of the molecule is CCCC[C@@H]1C[C@H]2CC[C@@H]1C2O. The van der Waals surface area contributed by atoms with Gasteiger partial charge >= 0.3 is 0 Å². The normalized spacial score (nSPS) is 45.5. The van der Waals surface area contributed by atoms with Crippen molar-refractivity contribution in [2.45, 2.75) is 51.6 Å². The third-order valence-electron chi connectivity index (χ3n) is 3.93. The molecule has 0 saturated heterocycles. The number of aliphatic hydroxyl groups excluding tert-OH is 1. The molecular formula is C11H20O. The van der Waals surface area contributed by atoms with Crippen molar-refractivity contribution in [2.75, 3.05) is 0 Å². The van der Waals surface area contributed by atoms with Gasteiger partial charge < -0.3 is 5.11 Å². The van der Waals surface area contributed by atoms with Gasteiger partial charge in [0, 0.05) is 0 Å². The van der Waals surface area contributed by atoms with Crippen LogP contribution in [-0.4, -0.2) is 11.2 Å². The molecule has 1 nitrogen and oxygen atoms in total. The number of hydrogen-bond donors (Lipinski definition) is 1. The third-order valence-corrected chi connectivity index (χ3v) is 3.93. The monoisotopic (exact) mass is 168 g/mol. The number of hydrogen-bond acceptors (Lipinski definition) is 1. The van der Waals surface area contributed by atoms with Crippen LogP contribution >= 0.6 is 0 Å². The van der Waals surface area contributed by atoms with Crippen LogP contribution in [-0.2, 0) is 0 Å². The van der Waals surface area contributed by atoms with Gasteiger partial charge in [0.2, 0.25) is 0 Å². The van der Waals surface area contributed by atoms with Gasteiger partial charge in [0.1, 0.15) is 0 Å². The predicted octanol–water partition coefficient (Wildman–Crippen LogP) is 2.58. The average Bonchev–Trinajstić information content (AvgIpc) is 2.58. The van der Waals surface area contributed by atoms with Gasteiger partial charge in [-0.3, -0.25) is 0 Å². The highest BCUT2D eigenvalue weighted by Crippen LogP contribution is 2.50. The molecule has 12 heavy (non-hydrogen) atoms. The van der Waals surface area contributed by atoms with Crippen LogP contribution in [0, 0.1) is 17.8 Å². The van der Waals surface area contributed by atoms with Crippen LogP contribution in [0.4, 0.5) is 0 Å². The number of aliphatic hydroxyl groups is 1. The van der Waals surface area contributed by atoms with E-state index in [-0.39, 0.29) is 6.10 Å². The van der Waals surface area contributed by atoms with Crippen LogP contribution in [0.2, 0.25) is 0 Å². The maximum Gasteiger partial charge on any atom is 0.0599 e. The Morgan fingerprint density at radius 3 is 2.67 bits per heavy atom. The Hall–Kier alpha value is -0.0400. The molecule has 2 saturated carbocycles. The summed E-state index contributed by atoms with van der Waals surface area (Å²) in [5.74, 6) is 2.23. The summed E-state index contributed by atoms with van der Waals surface area (Å²) in [4.78, 5) is 0. The van der Waals surface area contributed by atoms with Crippen molar-refractivity contribution in [3.05, 3.63) is 0 Å². The highest BCUT2D eigenvalue weighted by atomic mass is 16.3. The lowest BCUT2D eigenvalue weighted by Crippen LogP contribution is -2.15. The molecule has 0 amide bonds. The summed E-state index contributed by atoms with van der Waals surface area (Å²) in [5.41, 5.74) is 0. The lowest BCUT2D eigenvalue weighted by atomic mass is 9.85. The van der Waals surface area contributed by atoms with Gasteiger partial charge in [0.05, 0.1) is 6.10 Å². The van der Waals surface area contributed by atoms with E-state index in [2.05, 4.69) is 6.92 Å². The fourth-order valence-electron chi connectivity index (χ4n) is 3.23. The minimum Gasteiger partial charge on any atom is -0.393 e. The first-order chi connectivity index (χ1) is 5.83. The van der Waals surface area contributed by atoms with Crippen molar-refractivity contribution in [2.24, 2.45) is 17.8 Å². The molecule has 2 aliphatic rings. The largest absolute Gasteiger partial charge is 0.393 e. The minimum absolute atomic E-state index is 0.0758. The quantitative estimate of drug-likeness (QED) is 0.686. The lowest BCUT2D eigenvalue weighted by Gasteiger charge is -2.20. The number of fused-ring (bicyclic) bond motifs is 2. The topological polar surface area (TPSA) is 20.2 Å². The van der Waals surface area contributed by atoms with Crippen molar-refractivity contribution >= 4 is 0 Å². The van der Waals surface area contributed by atoms with E-state index in [1.54, 1.807) is 0 Å². The summed E-state index contributed by atoms with van der Waals surface area (Å²) in [5, 5.41) is 9.80. The molecule has 1 N–H and O–H groups in total. The van der Waals surface area contributed by atoms with Crippen LogP contribution in [0.15, 0.2) is 0 Å². The Morgan fingerprint density at radius 1 is 1.33 bits per heavy atom. The highest BCUT2D eigenvalue weighted by molar-refractivity contribution is 4.96. The number of unbranched alkanes of at least 4 members (excludes halogenated alkanes) is 1. The predicted molar refractivity (Wildman–Crippen MR) is 49.9 cm³/mol. The van der Waals surface area contributed by atoms with E-state index >= 15 is 0 Å². The molecule has 70 valence electrons. The second-order valence-corrected chi connectivity index (χ2v) is 4.63. The van der Waals surface area contributed by atoms with E-state index in [9.17, 15) is 5.11 Å².